The van der Waals surface area contributed by atoms with Crippen LogP contribution in [-0.2, 0) is 12.6 Å². The molecule has 9 heteroatoms. The van der Waals surface area contributed by atoms with Gasteiger partial charge in [-0.3, -0.25) is 4.68 Å². The smallest absolute Gasteiger partial charge is 0.191 e. The summed E-state index contributed by atoms with van der Waals surface area (Å²) in [5, 5.41) is 21.2. The Balaban J connectivity index is 0.00000420. The highest BCUT2D eigenvalue weighted by atomic mass is 127. The fourth-order valence-corrected chi connectivity index (χ4v) is 2.53. The highest BCUT2D eigenvalue weighted by molar-refractivity contribution is 14.0. The summed E-state index contributed by atoms with van der Waals surface area (Å²) in [5.41, 5.74) is -0.368. The molecule has 0 aliphatic rings. The lowest BCUT2D eigenvalue weighted by Crippen LogP contribution is -2.42. The van der Waals surface area contributed by atoms with Gasteiger partial charge in [-0.15, -0.1) is 24.0 Å². The number of ether oxygens (including phenoxy) is 2. The maximum Gasteiger partial charge on any atom is 0.191 e. The molecular weight excluding hydrogens is 485 g/mol. The number of benzene rings is 1. The van der Waals surface area contributed by atoms with Crippen LogP contribution in [0.2, 0.25) is 0 Å². The van der Waals surface area contributed by atoms with E-state index in [0.717, 1.165) is 17.1 Å². The van der Waals surface area contributed by atoms with E-state index in [9.17, 15) is 5.11 Å². The van der Waals surface area contributed by atoms with Crippen LogP contribution in [0, 0.1) is 0 Å². The number of nitrogens with zero attached hydrogens (tertiary/aromatic N) is 3. The lowest BCUT2D eigenvalue weighted by molar-refractivity contribution is 0.0671. The lowest BCUT2D eigenvalue weighted by Gasteiger charge is -2.21. The normalized spacial score (nSPS) is 14.3. The lowest BCUT2D eigenvalue weighted by atomic mass is 10.0. The number of rotatable bonds is 9. The van der Waals surface area contributed by atoms with Gasteiger partial charge in [-0.05, 0) is 45.0 Å². The van der Waals surface area contributed by atoms with Crippen LogP contribution in [0.25, 0.3) is 0 Å². The summed E-state index contributed by atoms with van der Waals surface area (Å²) < 4.78 is 12.7. The largest absolute Gasteiger partial charge is 0.497 e. The van der Waals surface area contributed by atoms with Gasteiger partial charge in [0, 0.05) is 25.4 Å². The van der Waals surface area contributed by atoms with Gasteiger partial charge in [-0.25, -0.2) is 4.99 Å². The van der Waals surface area contributed by atoms with E-state index in [1.165, 1.54) is 0 Å². The van der Waals surface area contributed by atoms with E-state index < -0.39 is 5.60 Å². The zero-order chi connectivity index (χ0) is 20.6. The molecule has 162 valence electrons. The van der Waals surface area contributed by atoms with Gasteiger partial charge in [0.2, 0.25) is 0 Å². The Morgan fingerprint density at radius 2 is 1.93 bits per heavy atom. The molecule has 0 aliphatic heterocycles. The van der Waals surface area contributed by atoms with Crippen molar-refractivity contribution in [2.45, 2.75) is 32.5 Å². The third kappa shape index (κ3) is 8.09. The van der Waals surface area contributed by atoms with Gasteiger partial charge in [0.05, 0.1) is 26.4 Å². The van der Waals surface area contributed by atoms with Crippen LogP contribution in [0.3, 0.4) is 0 Å². The van der Waals surface area contributed by atoms with Crippen molar-refractivity contribution in [3.8, 4) is 11.5 Å². The van der Waals surface area contributed by atoms with Gasteiger partial charge < -0.3 is 25.2 Å². The average molecular weight is 517 g/mol. The summed E-state index contributed by atoms with van der Waals surface area (Å²) in [5.74, 6) is 2.19. The molecule has 0 radical (unpaired) electrons. The summed E-state index contributed by atoms with van der Waals surface area (Å²) in [4.78, 5) is 4.51. The molecule has 0 bridgehead atoms. The Kier molecular flexibility index (Phi) is 10.2. The minimum atomic E-state index is -1.10. The number of hydrogen-bond donors (Lipinski definition) is 3. The molecule has 2 unspecified atom stereocenters. The van der Waals surface area contributed by atoms with Gasteiger partial charge >= 0.3 is 0 Å². The van der Waals surface area contributed by atoms with Gasteiger partial charge in [0.15, 0.2) is 5.96 Å². The number of aliphatic imine (C=N–C) groups is 1. The highest BCUT2D eigenvalue weighted by Gasteiger charge is 2.24. The second kappa shape index (κ2) is 11.9. The number of hydrogen-bond acceptors (Lipinski definition) is 5. The Hall–Kier alpha value is -2.01. The van der Waals surface area contributed by atoms with Crippen LogP contribution >= 0.6 is 24.0 Å². The second-order valence-corrected chi connectivity index (χ2v) is 6.86. The van der Waals surface area contributed by atoms with Crippen molar-refractivity contribution in [1.29, 1.82) is 0 Å². The molecule has 3 N–H and O–H groups in total. The number of methoxy groups -OCH3 is 1. The van der Waals surface area contributed by atoms with E-state index in [-0.39, 0.29) is 36.6 Å². The Morgan fingerprint density at radius 1 is 1.28 bits per heavy atom. The Bertz CT molecular complexity index is 762. The first-order chi connectivity index (χ1) is 13.3. The minimum Gasteiger partial charge on any atom is -0.497 e. The van der Waals surface area contributed by atoms with Crippen molar-refractivity contribution in [3.05, 3.63) is 42.2 Å². The number of nitrogens with one attached hydrogen (secondary N) is 2. The standard InChI is InChI=1S/C20H31N5O3.HI/c1-6-21-19(23-14-20(3,26)16-12-24-25(4)13-16)22-11-15(2)28-18-9-7-17(27-5)8-10-18;/h7-10,12-13,15,26H,6,11,14H2,1-5H3,(H2,21,22,23);1H. The summed E-state index contributed by atoms with van der Waals surface area (Å²) in [6, 6.07) is 7.47. The second-order valence-electron chi connectivity index (χ2n) is 6.86. The summed E-state index contributed by atoms with van der Waals surface area (Å²) in [7, 11) is 3.45. The maximum atomic E-state index is 10.7. The van der Waals surface area contributed by atoms with Gasteiger partial charge in [0.1, 0.15) is 23.2 Å². The Labute approximate surface area is 189 Å². The number of aliphatic hydroxyl groups is 1. The molecule has 0 amide bonds. The van der Waals surface area contributed by atoms with E-state index in [0.29, 0.717) is 19.0 Å². The third-order valence-corrected chi connectivity index (χ3v) is 4.17. The summed E-state index contributed by atoms with van der Waals surface area (Å²) >= 11 is 0. The predicted octanol–water partition coefficient (Wildman–Crippen LogP) is 2.28. The molecule has 29 heavy (non-hydrogen) atoms. The number of halogens is 1. The van der Waals surface area contributed by atoms with Crippen LogP contribution in [-0.4, -0.2) is 53.7 Å². The topological polar surface area (TPSA) is 92.9 Å². The molecule has 0 fully saturated rings. The SMILES string of the molecule is CCNC(=NCC(C)(O)c1cnn(C)c1)NCC(C)Oc1ccc(OC)cc1.I. The molecule has 1 aromatic carbocycles. The molecule has 2 rings (SSSR count). The van der Waals surface area contributed by atoms with Gasteiger partial charge in [-0.1, -0.05) is 0 Å². The van der Waals surface area contributed by atoms with Crippen LogP contribution in [0.4, 0.5) is 0 Å². The first-order valence-corrected chi connectivity index (χ1v) is 9.38. The molecular formula is C20H32IN5O3. The van der Waals surface area contributed by atoms with Crippen molar-refractivity contribution < 1.29 is 14.6 Å². The summed E-state index contributed by atoms with van der Waals surface area (Å²) in [6.07, 6.45) is 3.37. The van der Waals surface area contributed by atoms with Crippen LogP contribution < -0.4 is 20.1 Å². The van der Waals surface area contributed by atoms with Crippen LogP contribution in [0.15, 0.2) is 41.7 Å². The molecule has 8 nitrogen and oxygen atoms in total. The molecule has 0 aliphatic carbocycles. The maximum absolute atomic E-state index is 10.7. The number of aromatic nitrogens is 2. The highest BCUT2D eigenvalue weighted by Crippen LogP contribution is 2.20. The molecule has 0 saturated carbocycles. The predicted molar refractivity (Wildman–Crippen MR) is 125 cm³/mol. The first-order valence-electron chi connectivity index (χ1n) is 9.38. The van der Waals surface area contributed by atoms with Crippen molar-refractivity contribution in [2.75, 3.05) is 26.7 Å². The fourth-order valence-electron chi connectivity index (χ4n) is 2.53. The zero-order valence-corrected chi connectivity index (χ0v) is 20.0. The zero-order valence-electron chi connectivity index (χ0n) is 17.7. The van der Waals surface area contributed by atoms with Crippen LogP contribution in [0.1, 0.15) is 26.3 Å². The molecule has 0 spiro atoms. The van der Waals surface area contributed by atoms with Crippen molar-refractivity contribution in [3.63, 3.8) is 0 Å². The third-order valence-electron chi connectivity index (χ3n) is 4.17. The van der Waals surface area contributed by atoms with Gasteiger partial charge in [-0.2, -0.15) is 5.10 Å². The molecule has 0 saturated heterocycles. The fraction of sp³-hybridized carbons (Fsp3) is 0.500. The minimum absolute atomic E-state index is 0. The Morgan fingerprint density at radius 3 is 2.48 bits per heavy atom. The van der Waals surface area contributed by atoms with E-state index in [1.54, 1.807) is 31.1 Å². The van der Waals surface area contributed by atoms with E-state index >= 15 is 0 Å². The monoisotopic (exact) mass is 517 g/mol. The molecule has 1 heterocycles. The van der Waals surface area contributed by atoms with Crippen molar-refractivity contribution in [1.82, 2.24) is 20.4 Å². The molecule has 2 aromatic rings. The van der Waals surface area contributed by atoms with E-state index in [4.69, 9.17) is 9.47 Å². The van der Waals surface area contributed by atoms with Crippen LogP contribution in [0.5, 0.6) is 11.5 Å². The number of guanidine groups is 1. The summed E-state index contributed by atoms with van der Waals surface area (Å²) in [6.45, 7) is 7.19. The molecule has 2 atom stereocenters. The first kappa shape index (κ1) is 25.0. The van der Waals surface area contributed by atoms with E-state index in [2.05, 4.69) is 20.7 Å². The van der Waals surface area contributed by atoms with E-state index in [1.807, 2.05) is 45.2 Å². The van der Waals surface area contributed by atoms with Gasteiger partial charge in [0.25, 0.3) is 0 Å². The average Bonchev–Trinajstić information content (AvgIpc) is 3.12. The van der Waals surface area contributed by atoms with Crippen molar-refractivity contribution in [2.24, 2.45) is 12.0 Å². The molecule has 1 aromatic heterocycles. The quantitative estimate of drug-likeness (QED) is 0.269. The van der Waals surface area contributed by atoms with Crippen molar-refractivity contribution >= 4 is 29.9 Å². The number of aryl methyl sites for hydroxylation is 1.